The Morgan fingerprint density at radius 1 is 1.06 bits per heavy atom. The van der Waals surface area contributed by atoms with E-state index in [0.29, 0.717) is 53.3 Å². The second-order valence-electron chi connectivity index (χ2n) is 8.36. The van der Waals surface area contributed by atoms with Crippen LogP contribution >= 0.6 is 15.9 Å². The lowest BCUT2D eigenvalue weighted by molar-refractivity contribution is 0.0657. The maximum Gasteiger partial charge on any atom is 0.266 e. The molecule has 1 atom stereocenters. The summed E-state index contributed by atoms with van der Waals surface area (Å²) in [7, 11) is 3.23. The predicted octanol–water partition coefficient (Wildman–Crippen LogP) is 5.40. The Hall–Kier alpha value is -3.49. The molecule has 0 aliphatic rings. The van der Waals surface area contributed by atoms with E-state index in [9.17, 15) is 9.59 Å². The zero-order valence-corrected chi connectivity index (χ0v) is 22.1. The normalized spacial score (nSPS) is 11.9. The van der Waals surface area contributed by atoms with Crippen LogP contribution < -0.4 is 10.3 Å². The molecule has 4 aromatic rings. The average molecular weight is 550 g/mol. The molecule has 186 valence electrons. The zero-order valence-electron chi connectivity index (χ0n) is 20.5. The Morgan fingerprint density at radius 3 is 2.50 bits per heavy atom. The molecular weight excluding hydrogens is 522 g/mol. The lowest BCUT2D eigenvalue weighted by Crippen LogP contribution is -2.38. The van der Waals surface area contributed by atoms with E-state index in [-0.39, 0.29) is 11.5 Å². The molecule has 4 rings (SSSR count). The van der Waals surface area contributed by atoms with Crippen molar-refractivity contribution in [2.45, 2.75) is 19.4 Å². The zero-order chi connectivity index (χ0) is 25.7. The van der Waals surface area contributed by atoms with Crippen molar-refractivity contribution in [2.24, 2.45) is 0 Å². The van der Waals surface area contributed by atoms with Crippen LogP contribution in [-0.4, -0.2) is 47.7 Å². The number of hydrogen-bond donors (Lipinski definition) is 0. The summed E-state index contributed by atoms with van der Waals surface area (Å²) in [5.41, 5.74) is 1.58. The van der Waals surface area contributed by atoms with Crippen molar-refractivity contribution in [2.75, 3.05) is 27.4 Å². The number of methoxy groups -OCH3 is 2. The highest BCUT2D eigenvalue weighted by atomic mass is 79.9. The number of rotatable bonds is 9. The first-order chi connectivity index (χ1) is 17.4. The van der Waals surface area contributed by atoms with Crippen LogP contribution in [0.4, 0.5) is 0 Å². The molecule has 36 heavy (non-hydrogen) atoms. The number of nitrogens with zero attached hydrogens (tertiary/aromatic N) is 3. The topological polar surface area (TPSA) is 73.7 Å². The number of carbonyl (C=O) groups excluding carboxylic acids is 1. The number of fused-ring (bicyclic) bond motifs is 1. The van der Waals surface area contributed by atoms with Gasteiger partial charge in [-0.2, -0.15) is 0 Å². The van der Waals surface area contributed by atoms with Gasteiger partial charge < -0.3 is 14.4 Å². The Bertz CT molecular complexity index is 1420. The van der Waals surface area contributed by atoms with E-state index in [1.54, 1.807) is 54.0 Å². The molecule has 0 saturated heterocycles. The summed E-state index contributed by atoms with van der Waals surface area (Å²) in [5, 5.41) is 0.508. The molecule has 0 bridgehead atoms. The summed E-state index contributed by atoms with van der Waals surface area (Å²) in [5.74, 6) is 1.01. The highest BCUT2D eigenvalue weighted by Crippen LogP contribution is 2.26. The molecule has 1 unspecified atom stereocenters. The summed E-state index contributed by atoms with van der Waals surface area (Å²) >= 11 is 3.46. The Balaban J connectivity index is 1.87. The van der Waals surface area contributed by atoms with Gasteiger partial charge >= 0.3 is 0 Å². The van der Waals surface area contributed by atoms with Gasteiger partial charge in [-0.3, -0.25) is 14.2 Å². The van der Waals surface area contributed by atoms with Crippen LogP contribution in [0.5, 0.6) is 5.75 Å². The van der Waals surface area contributed by atoms with E-state index in [2.05, 4.69) is 15.9 Å². The molecule has 0 saturated carbocycles. The maximum absolute atomic E-state index is 13.7. The number of benzene rings is 3. The smallest absolute Gasteiger partial charge is 0.266 e. The number of amides is 1. The van der Waals surface area contributed by atoms with E-state index >= 15 is 0 Å². The predicted molar refractivity (Wildman–Crippen MR) is 144 cm³/mol. The summed E-state index contributed by atoms with van der Waals surface area (Å²) in [6, 6.07) is 21.3. The highest BCUT2D eigenvalue weighted by molar-refractivity contribution is 9.10. The fourth-order valence-electron chi connectivity index (χ4n) is 4.19. The van der Waals surface area contributed by atoms with Crippen LogP contribution in [0.1, 0.15) is 35.6 Å². The van der Waals surface area contributed by atoms with Gasteiger partial charge in [0.25, 0.3) is 11.5 Å². The van der Waals surface area contributed by atoms with Crippen LogP contribution in [0.15, 0.2) is 82.1 Å². The minimum absolute atomic E-state index is 0.149. The molecule has 3 aromatic carbocycles. The van der Waals surface area contributed by atoms with Gasteiger partial charge in [0, 0.05) is 30.3 Å². The van der Waals surface area contributed by atoms with Gasteiger partial charge in [-0.05, 0) is 67.9 Å². The van der Waals surface area contributed by atoms with Crippen molar-refractivity contribution in [3.63, 3.8) is 0 Å². The van der Waals surface area contributed by atoms with Crippen LogP contribution in [0.3, 0.4) is 0 Å². The van der Waals surface area contributed by atoms with Crippen LogP contribution in [-0.2, 0) is 4.74 Å². The van der Waals surface area contributed by atoms with Crippen molar-refractivity contribution >= 4 is 32.7 Å². The van der Waals surface area contributed by atoms with E-state index in [1.165, 1.54) is 0 Å². The minimum atomic E-state index is -0.507. The third kappa shape index (κ3) is 5.34. The van der Waals surface area contributed by atoms with E-state index in [1.807, 2.05) is 49.4 Å². The van der Waals surface area contributed by atoms with Crippen molar-refractivity contribution in [1.82, 2.24) is 14.5 Å². The summed E-state index contributed by atoms with van der Waals surface area (Å²) < 4.78 is 12.9. The average Bonchev–Trinajstić information content (AvgIpc) is 2.90. The van der Waals surface area contributed by atoms with Crippen molar-refractivity contribution in [3.05, 3.63) is 99.0 Å². The van der Waals surface area contributed by atoms with Gasteiger partial charge in [0.2, 0.25) is 0 Å². The van der Waals surface area contributed by atoms with Crippen molar-refractivity contribution < 1.29 is 14.3 Å². The molecule has 0 N–H and O–H groups in total. The van der Waals surface area contributed by atoms with Crippen LogP contribution in [0, 0.1) is 0 Å². The summed E-state index contributed by atoms with van der Waals surface area (Å²) in [6.45, 7) is 2.84. The molecule has 0 fully saturated rings. The second-order valence-corrected chi connectivity index (χ2v) is 9.27. The lowest BCUT2D eigenvalue weighted by atomic mass is 10.1. The monoisotopic (exact) mass is 549 g/mol. The van der Waals surface area contributed by atoms with Gasteiger partial charge in [0.15, 0.2) is 0 Å². The molecule has 7 nitrogen and oxygen atoms in total. The number of carbonyl (C=O) groups is 1. The Kier molecular flexibility index (Phi) is 8.18. The Labute approximate surface area is 218 Å². The molecule has 0 radical (unpaired) electrons. The second kappa shape index (κ2) is 11.5. The Morgan fingerprint density at radius 2 is 1.81 bits per heavy atom. The number of halogens is 1. The number of ether oxygens (including phenoxy) is 2. The standard InChI is InChI=1S/C28H28BrN3O4/c1-19(31(16-7-17-35-2)27(33)20-8-6-9-21(29)18-20)26-30-25-11-5-4-10-24(25)28(34)32(26)22-12-14-23(36-3)15-13-22/h4-6,8-15,18-19H,7,16-17H2,1-3H3. The molecular formula is C28H28BrN3O4. The first kappa shape index (κ1) is 25.6. The SMILES string of the molecule is COCCCN(C(=O)c1cccc(Br)c1)C(C)c1nc2ccccc2c(=O)n1-c1ccc(OC)cc1. The number of para-hydroxylation sites is 1. The molecule has 0 aliphatic heterocycles. The number of hydrogen-bond acceptors (Lipinski definition) is 5. The quantitative estimate of drug-likeness (QED) is 0.261. The van der Waals surface area contributed by atoms with E-state index < -0.39 is 6.04 Å². The third-order valence-corrected chi connectivity index (χ3v) is 6.55. The summed E-state index contributed by atoms with van der Waals surface area (Å²) in [6.07, 6.45) is 0.640. The fraction of sp³-hybridized carbons (Fsp3) is 0.250. The molecule has 8 heteroatoms. The summed E-state index contributed by atoms with van der Waals surface area (Å²) in [4.78, 5) is 34.1. The molecule has 1 heterocycles. The first-order valence-corrected chi connectivity index (χ1v) is 12.5. The van der Waals surface area contributed by atoms with Gasteiger partial charge in [-0.15, -0.1) is 0 Å². The van der Waals surface area contributed by atoms with Gasteiger partial charge in [-0.1, -0.05) is 34.1 Å². The highest BCUT2D eigenvalue weighted by Gasteiger charge is 2.27. The van der Waals surface area contributed by atoms with Gasteiger partial charge in [0.1, 0.15) is 11.6 Å². The van der Waals surface area contributed by atoms with Crippen molar-refractivity contribution in [1.29, 1.82) is 0 Å². The maximum atomic E-state index is 13.7. The van der Waals surface area contributed by atoms with Crippen LogP contribution in [0.2, 0.25) is 0 Å². The molecule has 0 aliphatic carbocycles. The first-order valence-electron chi connectivity index (χ1n) is 11.7. The number of aromatic nitrogens is 2. The molecule has 0 spiro atoms. The van der Waals surface area contributed by atoms with Gasteiger partial charge in [-0.25, -0.2) is 4.98 Å². The van der Waals surface area contributed by atoms with Crippen LogP contribution in [0.25, 0.3) is 16.6 Å². The lowest BCUT2D eigenvalue weighted by Gasteiger charge is -2.31. The molecule has 1 amide bonds. The van der Waals surface area contributed by atoms with E-state index in [4.69, 9.17) is 14.5 Å². The van der Waals surface area contributed by atoms with Gasteiger partial charge in [0.05, 0.1) is 29.7 Å². The van der Waals surface area contributed by atoms with Crippen molar-refractivity contribution in [3.8, 4) is 11.4 Å². The fourth-order valence-corrected chi connectivity index (χ4v) is 4.59. The third-order valence-electron chi connectivity index (χ3n) is 6.05. The largest absolute Gasteiger partial charge is 0.497 e. The molecule has 1 aromatic heterocycles. The minimum Gasteiger partial charge on any atom is -0.497 e. The van der Waals surface area contributed by atoms with E-state index in [0.717, 1.165) is 4.47 Å².